The van der Waals surface area contributed by atoms with E-state index >= 15 is 0 Å². The number of hydrogen-bond donors (Lipinski definition) is 2. The van der Waals surface area contributed by atoms with Crippen LogP contribution in [-0.2, 0) is 16.1 Å². The quantitative estimate of drug-likeness (QED) is 0.421. The van der Waals surface area contributed by atoms with Gasteiger partial charge in [-0.25, -0.2) is 4.98 Å². The number of aryl methyl sites for hydroxylation is 3. The average Bonchev–Trinajstić information content (AvgIpc) is 2.63. The molecule has 1 amide bonds. The smallest absolute Gasteiger partial charge is 0.260 e. The highest BCUT2D eigenvalue weighted by Gasteiger charge is 2.07. The molecule has 2 rings (SSSR count). The van der Waals surface area contributed by atoms with E-state index in [9.17, 15) is 4.79 Å². The van der Waals surface area contributed by atoms with Gasteiger partial charge in [0.25, 0.3) is 5.91 Å². The van der Waals surface area contributed by atoms with Crippen LogP contribution < -0.4 is 15.8 Å². The van der Waals surface area contributed by atoms with Gasteiger partial charge in [0.1, 0.15) is 0 Å². The van der Waals surface area contributed by atoms with Crippen molar-refractivity contribution in [2.45, 2.75) is 27.2 Å². The molecule has 1 aromatic heterocycles. The van der Waals surface area contributed by atoms with E-state index in [1.807, 2.05) is 0 Å². The Hall–Kier alpha value is -3.09. The SMILES string of the molecule is COc1cc(C(N)=NOCC(=O)NCCc2c(C)cc(C)cc2C)ccn1. The summed E-state index contributed by atoms with van der Waals surface area (Å²) in [4.78, 5) is 20.9. The summed E-state index contributed by atoms with van der Waals surface area (Å²) >= 11 is 0. The fraction of sp³-hybridized carbons (Fsp3) is 0.350. The number of amidine groups is 1. The zero-order valence-electron chi connectivity index (χ0n) is 16.2. The molecule has 7 nitrogen and oxygen atoms in total. The molecular formula is C20H26N4O3. The number of nitrogens with zero attached hydrogens (tertiary/aromatic N) is 2. The van der Waals surface area contributed by atoms with Crippen LogP contribution in [0.2, 0.25) is 0 Å². The van der Waals surface area contributed by atoms with E-state index in [1.54, 1.807) is 18.3 Å². The van der Waals surface area contributed by atoms with Crippen molar-refractivity contribution in [3.63, 3.8) is 0 Å². The Morgan fingerprint density at radius 1 is 1.22 bits per heavy atom. The first kappa shape index (κ1) is 20.2. The van der Waals surface area contributed by atoms with Crippen molar-refractivity contribution in [3.8, 4) is 5.88 Å². The summed E-state index contributed by atoms with van der Waals surface area (Å²) in [5, 5.41) is 6.59. The van der Waals surface area contributed by atoms with Crippen LogP contribution in [-0.4, -0.2) is 37.0 Å². The zero-order valence-corrected chi connectivity index (χ0v) is 16.2. The minimum absolute atomic E-state index is 0.148. The van der Waals surface area contributed by atoms with Gasteiger partial charge in [-0.3, -0.25) is 4.79 Å². The molecule has 0 unspecified atom stereocenters. The van der Waals surface area contributed by atoms with E-state index in [0.29, 0.717) is 18.0 Å². The number of methoxy groups -OCH3 is 1. The normalized spacial score (nSPS) is 11.2. The first-order valence-electron chi connectivity index (χ1n) is 8.70. The van der Waals surface area contributed by atoms with Gasteiger partial charge in [0.05, 0.1) is 7.11 Å². The number of benzene rings is 1. The third-order valence-corrected chi connectivity index (χ3v) is 4.14. The molecule has 0 saturated heterocycles. The van der Waals surface area contributed by atoms with Crippen molar-refractivity contribution < 1.29 is 14.4 Å². The summed E-state index contributed by atoms with van der Waals surface area (Å²) in [5.74, 6) is 0.320. The Morgan fingerprint density at radius 2 is 1.93 bits per heavy atom. The molecular weight excluding hydrogens is 344 g/mol. The molecule has 0 spiro atoms. The van der Waals surface area contributed by atoms with Crippen LogP contribution in [0, 0.1) is 20.8 Å². The summed E-state index contributed by atoms with van der Waals surface area (Å²) in [6, 6.07) is 7.61. The molecule has 0 radical (unpaired) electrons. The van der Waals surface area contributed by atoms with E-state index in [2.05, 4.69) is 48.4 Å². The molecule has 0 bridgehead atoms. The Labute approximate surface area is 159 Å². The summed E-state index contributed by atoms with van der Waals surface area (Å²) in [7, 11) is 1.51. The van der Waals surface area contributed by atoms with Gasteiger partial charge in [0.15, 0.2) is 12.4 Å². The molecule has 0 atom stereocenters. The van der Waals surface area contributed by atoms with Gasteiger partial charge in [-0.2, -0.15) is 0 Å². The molecule has 7 heteroatoms. The lowest BCUT2D eigenvalue weighted by Crippen LogP contribution is -2.29. The van der Waals surface area contributed by atoms with E-state index < -0.39 is 0 Å². The second kappa shape index (κ2) is 9.56. The fourth-order valence-electron chi connectivity index (χ4n) is 2.88. The van der Waals surface area contributed by atoms with Crippen molar-refractivity contribution in [2.24, 2.45) is 10.9 Å². The number of carbonyl (C=O) groups is 1. The van der Waals surface area contributed by atoms with Crippen LogP contribution in [0.15, 0.2) is 35.6 Å². The molecule has 144 valence electrons. The largest absolute Gasteiger partial charge is 0.481 e. The van der Waals surface area contributed by atoms with Gasteiger partial charge in [-0.1, -0.05) is 22.9 Å². The van der Waals surface area contributed by atoms with E-state index in [1.165, 1.54) is 29.4 Å². The lowest BCUT2D eigenvalue weighted by atomic mass is 9.97. The second-order valence-electron chi connectivity index (χ2n) is 6.31. The van der Waals surface area contributed by atoms with Crippen molar-refractivity contribution in [1.82, 2.24) is 10.3 Å². The van der Waals surface area contributed by atoms with Gasteiger partial charge in [0, 0.05) is 24.4 Å². The van der Waals surface area contributed by atoms with Crippen LogP contribution in [0.4, 0.5) is 0 Å². The summed E-state index contributed by atoms with van der Waals surface area (Å²) in [5.41, 5.74) is 11.4. The maximum Gasteiger partial charge on any atom is 0.260 e. The zero-order chi connectivity index (χ0) is 19.8. The molecule has 0 aliphatic rings. The Kier molecular flexibility index (Phi) is 7.16. The average molecular weight is 370 g/mol. The first-order valence-corrected chi connectivity index (χ1v) is 8.70. The number of carbonyl (C=O) groups excluding carboxylic acids is 1. The van der Waals surface area contributed by atoms with Crippen LogP contribution in [0.25, 0.3) is 0 Å². The van der Waals surface area contributed by atoms with E-state index in [4.69, 9.17) is 15.3 Å². The van der Waals surface area contributed by atoms with E-state index in [0.717, 1.165) is 6.42 Å². The molecule has 0 aliphatic carbocycles. The molecule has 1 aromatic carbocycles. The Bertz CT molecular complexity index is 811. The Balaban J connectivity index is 1.79. The van der Waals surface area contributed by atoms with Crippen molar-refractivity contribution in [3.05, 3.63) is 58.3 Å². The van der Waals surface area contributed by atoms with Gasteiger partial charge in [-0.05, 0) is 49.9 Å². The van der Waals surface area contributed by atoms with Crippen molar-refractivity contribution >= 4 is 11.7 Å². The molecule has 0 fully saturated rings. The van der Waals surface area contributed by atoms with Crippen LogP contribution in [0.5, 0.6) is 5.88 Å². The molecule has 27 heavy (non-hydrogen) atoms. The number of aromatic nitrogens is 1. The lowest BCUT2D eigenvalue weighted by molar-refractivity contribution is -0.125. The minimum atomic E-state index is -0.249. The fourth-order valence-corrected chi connectivity index (χ4v) is 2.88. The maximum absolute atomic E-state index is 11.9. The first-order chi connectivity index (χ1) is 12.9. The highest BCUT2D eigenvalue weighted by molar-refractivity contribution is 5.97. The number of nitrogens with one attached hydrogen (secondary N) is 1. The predicted octanol–water partition coefficient (Wildman–Crippen LogP) is 2.01. The maximum atomic E-state index is 11.9. The lowest BCUT2D eigenvalue weighted by Gasteiger charge is -2.12. The van der Waals surface area contributed by atoms with Gasteiger partial charge in [0.2, 0.25) is 5.88 Å². The summed E-state index contributed by atoms with van der Waals surface area (Å²) in [6.07, 6.45) is 2.32. The van der Waals surface area contributed by atoms with Crippen LogP contribution >= 0.6 is 0 Å². The van der Waals surface area contributed by atoms with Gasteiger partial charge in [-0.15, -0.1) is 0 Å². The number of amides is 1. The monoisotopic (exact) mass is 370 g/mol. The third kappa shape index (κ3) is 5.99. The number of hydrogen-bond acceptors (Lipinski definition) is 5. The third-order valence-electron chi connectivity index (χ3n) is 4.14. The van der Waals surface area contributed by atoms with Crippen molar-refractivity contribution in [2.75, 3.05) is 20.3 Å². The number of nitrogens with two attached hydrogens (primary N) is 1. The second-order valence-corrected chi connectivity index (χ2v) is 6.31. The van der Waals surface area contributed by atoms with Crippen LogP contribution in [0.1, 0.15) is 27.8 Å². The number of oxime groups is 1. The summed E-state index contributed by atoms with van der Waals surface area (Å²) in [6.45, 7) is 6.59. The van der Waals surface area contributed by atoms with Gasteiger partial charge < -0.3 is 20.6 Å². The van der Waals surface area contributed by atoms with Gasteiger partial charge >= 0.3 is 0 Å². The predicted molar refractivity (Wildman–Crippen MR) is 105 cm³/mol. The highest BCUT2D eigenvalue weighted by Crippen LogP contribution is 2.16. The number of ether oxygens (including phenoxy) is 1. The Morgan fingerprint density at radius 3 is 2.59 bits per heavy atom. The minimum Gasteiger partial charge on any atom is -0.481 e. The molecule has 1 heterocycles. The molecule has 0 aliphatic heterocycles. The van der Waals surface area contributed by atoms with E-state index in [-0.39, 0.29) is 18.3 Å². The highest BCUT2D eigenvalue weighted by atomic mass is 16.6. The van der Waals surface area contributed by atoms with Crippen LogP contribution in [0.3, 0.4) is 0 Å². The topological polar surface area (TPSA) is 98.8 Å². The standard InChI is InChI=1S/C20H26N4O3/c1-13-9-14(2)17(15(3)10-13)6-8-22-18(25)12-27-24-20(21)16-5-7-23-19(11-16)26-4/h5,7,9-11H,6,8,12H2,1-4H3,(H2,21,24)(H,22,25). The number of pyridine rings is 1. The molecule has 0 saturated carbocycles. The summed E-state index contributed by atoms with van der Waals surface area (Å²) < 4.78 is 5.03. The number of rotatable bonds is 8. The van der Waals surface area contributed by atoms with Crippen molar-refractivity contribution in [1.29, 1.82) is 0 Å². The molecule has 2 aromatic rings. The molecule has 3 N–H and O–H groups in total.